The normalized spacial score (nSPS) is 30.2. The molecule has 6 unspecified atom stereocenters. The number of carbonyl (C=O) groups is 4. The van der Waals surface area contributed by atoms with Crippen molar-refractivity contribution >= 4 is 74.1 Å². The summed E-state index contributed by atoms with van der Waals surface area (Å²) in [6, 6.07) is 16.2. The molecule has 0 aromatic heterocycles. The molecule has 2 aliphatic heterocycles. The zero-order valence-electron chi connectivity index (χ0n) is 24.3. The molecule has 236 valence electrons. The lowest BCUT2D eigenvalue weighted by molar-refractivity contribution is -0.125. The molecule has 4 aliphatic rings. The van der Waals surface area contributed by atoms with Crippen LogP contribution in [0.25, 0.3) is 0 Å². The molecule has 7 rings (SSSR count). The smallest absolute Gasteiger partial charge is 0.258 e. The lowest BCUT2D eigenvalue weighted by atomic mass is 9.56. The van der Waals surface area contributed by atoms with E-state index >= 15 is 0 Å². The molecule has 0 bridgehead atoms. The average molecular weight is 728 g/mol. The van der Waals surface area contributed by atoms with Gasteiger partial charge in [0.2, 0.25) is 11.8 Å². The molecule has 6 atom stereocenters. The van der Waals surface area contributed by atoms with Gasteiger partial charge in [0, 0.05) is 10.4 Å². The van der Waals surface area contributed by atoms with E-state index in [2.05, 4.69) is 15.9 Å². The second-order valence-electron chi connectivity index (χ2n) is 11.9. The number of phenolic OH excluding ortho intramolecular Hbond substituents is 1. The van der Waals surface area contributed by atoms with Crippen molar-refractivity contribution in [1.29, 1.82) is 0 Å². The van der Waals surface area contributed by atoms with Crippen LogP contribution in [0.5, 0.6) is 11.5 Å². The molecule has 1 saturated carbocycles. The number of aromatic hydroxyl groups is 1. The van der Waals surface area contributed by atoms with Crippen LogP contribution in [0.4, 0.5) is 15.8 Å². The van der Waals surface area contributed by atoms with Crippen molar-refractivity contribution in [2.24, 2.45) is 17.8 Å². The Morgan fingerprint density at radius 1 is 0.913 bits per heavy atom. The van der Waals surface area contributed by atoms with Crippen LogP contribution in [-0.2, 0) is 19.2 Å². The first kappa shape index (κ1) is 30.9. The van der Waals surface area contributed by atoms with Crippen LogP contribution in [-0.4, -0.2) is 45.1 Å². The summed E-state index contributed by atoms with van der Waals surface area (Å²) >= 11 is 18.2. The van der Waals surface area contributed by atoms with E-state index in [0.29, 0.717) is 16.8 Å². The molecule has 46 heavy (non-hydrogen) atoms. The molecule has 3 aromatic carbocycles. The van der Waals surface area contributed by atoms with E-state index in [4.69, 9.17) is 27.9 Å². The van der Waals surface area contributed by atoms with Gasteiger partial charge in [-0.15, -0.1) is 23.2 Å². The molecule has 3 fully saturated rings. The zero-order chi connectivity index (χ0) is 32.7. The van der Waals surface area contributed by atoms with Gasteiger partial charge in [-0.05, 0) is 91.9 Å². The number of hydrogen-bond acceptors (Lipinski definition) is 6. The first-order chi connectivity index (χ1) is 21.9. The van der Waals surface area contributed by atoms with Gasteiger partial charge in [-0.1, -0.05) is 33.6 Å². The Morgan fingerprint density at radius 2 is 1.57 bits per heavy atom. The quantitative estimate of drug-likeness (QED) is 0.184. The van der Waals surface area contributed by atoms with Gasteiger partial charge in [0.25, 0.3) is 11.8 Å². The SMILES string of the molecule is CCOc1cc(C2C3=CCC4C(=O)N(c5ccc(Br)cc5)C(=O)C4C3CC3(Cl)C(=O)N(c4ccc(F)cc4)C(=O)C23Cl)ccc1O. The molecule has 0 radical (unpaired) electrons. The lowest BCUT2D eigenvalue weighted by Gasteiger charge is -2.50. The Morgan fingerprint density at radius 3 is 2.24 bits per heavy atom. The van der Waals surface area contributed by atoms with Crippen LogP contribution in [0.1, 0.15) is 31.2 Å². The van der Waals surface area contributed by atoms with Crippen molar-refractivity contribution in [2.45, 2.75) is 35.4 Å². The molecule has 2 heterocycles. The number of fused-ring (bicyclic) bond motifs is 4. The van der Waals surface area contributed by atoms with E-state index in [1.54, 1.807) is 43.3 Å². The first-order valence-electron chi connectivity index (χ1n) is 14.7. The second-order valence-corrected chi connectivity index (χ2v) is 14.1. The number of ether oxygens (including phenoxy) is 1. The summed E-state index contributed by atoms with van der Waals surface area (Å²) in [4.78, 5) is 54.7. The number of carbonyl (C=O) groups excluding carboxylic acids is 4. The highest BCUT2D eigenvalue weighted by Crippen LogP contribution is 2.66. The summed E-state index contributed by atoms with van der Waals surface area (Å²) in [5.74, 6) is -6.35. The summed E-state index contributed by atoms with van der Waals surface area (Å²) in [5, 5.41) is 10.5. The molecule has 0 spiro atoms. The van der Waals surface area contributed by atoms with Gasteiger partial charge < -0.3 is 9.84 Å². The number of nitrogens with zero attached hydrogens (tertiary/aromatic N) is 2. The second kappa shape index (κ2) is 10.9. The Kier molecular flexibility index (Phi) is 7.34. The van der Waals surface area contributed by atoms with Crippen LogP contribution in [0.15, 0.2) is 82.9 Å². The summed E-state index contributed by atoms with van der Waals surface area (Å²) < 4.78 is 20.3. The van der Waals surface area contributed by atoms with Gasteiger partial charge in [0.15, 0.2) is 21.2 Å². The molecule has 2 aliphatic carbocycles. The first-order valence-corrected chi connectivity index (χ1v) is 16.3. The summed E-state index contributed by atoms with van der Waals surface area (Å²) in [5.41, 5.74) is 1.54. The third-order valence-corrected chi connectivity index (χ3v) is 11.5. The molecular formula is C34H26BrCl2FN2O6. The number of halogens is 4. The van der Waals surface area contributed by atoms with Gasteiger partial charge in [0.1, 0.15) is 5.82 Å². The fraction of sp³-hybridized carbons (Fsp3) is 0.294. The largest absolute Gasteiger partial charge is 0.504 e. The summed E-state index contributed by atoms with van der Waals surface area (Å²) in [6.45, 7) is 1.99. The minimum Gasteiger partial charge on any atom is -0.504 e. The van der Waals surface area contributed by atoms with Crippen molar-refractivity contribution in [3.05, 3.63) is 94.2 Å². The Bertz CT molecular complexity index is 1850. The van der Waals surface area contributed by atoms with Crippen LogP contribution in [0.2, 0.25) is 0 Å². The molecule has 12 heteroatoms. The lowest BCUT2D eigenvalue weighted by Crippen LogP contribution is -2.60. The van der Waals surface area contributed by atoms with Crippen LogP contribution in [0.3, 0.4) is 0 Å². The number of rotatable bonds is 5. The van der Waals surface area contributed by atoms with Gasteiger partial charge in [-0.2, -0.15) is 0 Å². The van der Waals surface area contributed by atoms with Crippen LogP contribution < -0.4 is 14.5 Å². The fourth-order valence-corrected chi connectivity index (χ4v) is 8.80. The highest BCUT2D eigenvalue weighted by Gasteiger charge is 2.76. The monoisotopic (exact) mass is 726 g/mol. The van der Waals surface area contributed by atoms with Crippen LogP contribution in [0, 0.1) is 23.6 Å². The van der Waals surface area contributed by atoms with Crippen molar-refractivity contribution < 1.29 is 33.4 Å². The Labute approximate surface area is 281 Å². The van der Waals surface area contributed by atoms with E-state index in [1.165, 1.54) is 23.1 Å². The fourth-order valence-electron chi connectivity index (χ4n) is 7.60. The van der Waals surface area contributed by atoms with E-state index < -0.39 is 57.0 Å². The van der Waals surface area contributed by atoms with Crippen molar-refractivity contribution in [1.82, 2.24) is 0 Å². The maximum Gasteiger partial charge on any atom is 0.258 e. The zero-order valence-corrected chi connectivity index (χ0v) is 27.4. The predicted molar refractivity (Wildman–Crippen MR) is 172 cm³/mol. The molecular weight excluding hydrogens is 702 g/mol. The van der Waals surface area contributed by atoms with Crippen LogP contribution >= 0.6 is 39.1 Å². The number of alkyl halides is 2. The van der Waals surface area contributed by atoms with Crippen molar-refractivity contribution in [3.8, 4) is 11.5 Å². The number of phenols is 1. The molecule has 8 nitrogen and oxygen atoms in total. The number of benzene rings is 3. The van der Waals surface area contributed by atoms with Gasteiger partial charge in [-0.25, -0.2) is 9.29 Å². The Balaban J connectivity index is 1.40. The van der Waals surface area contributed by atoms with Crippen molar-refractivity contribution in [3.63, 3.8) is 0 Å². The highest BCUT2D eigenvalue weighted by molar-refractivity contribution is 9.10. The van der Waals surface area contributed by atoms with Crippen molar-refractivity contribution in [2.75, 3.05) is 16.4 Å². The van der Waals surface area contributed by atoms with E-state index in [1.807, 2.05) is 6.08 Å². The number of imide groups is 2. The molecule has 3 aromatic rings. The molecule has 1 N–H and O–H groups in total. The minimum absolute atomic E-state index is 0.0914. The highest BCUT2D eigenvalue weighted by atomic mass is 79.9. The summed E-state index contributed by atoms with van der Waals surface area (Å²) in [7, 11) is 0. The predicted octanol–water partition coefficient (Wildman–Crippen LogP) is 6.46. The maximum atomic E-state index is 14.5. The van der Waals surface area contributed by atoms with E-state index in [0.717, 1.165) is 21.5 Å². The van der Waals surface area contributed by atoms with E-state index in [9.17, 15) is 28.7 Å². The standard InChI is InChI=1S/C34H26BrCl2FN2O6/c1-2-46-26-15-17(3-14-25(26)41)28-22-12-13-23-27(30(43)39(29(23)42)20-8-4-18(35)5-9-20)24(22)16-33(36)31(44)40(32(45)34(28,33)37)21-10-6-19(38)7-11-21/h3-12,14-15,23-24,27-28,41H,2,13,16H2,1H3. The maximum absolute atomic E-state index is 14.5. The number of anilines is 2. The third kappa shape index (κ3) is 4.22. The molecule has 4 amide bonds. The van der Waals surface area contributed by atoms with E-state index in [-0.39, 0.29) is 42.5 Å². The number of amides is 4. The van der Waals surface area contributed by atoms with Gasteiger partial charge in [-0.3, -0.25) is 24.1 Å². The number of hydrogen-bond donors (Lipinski definition) is 1. The average Bonchev–Trinajstić information content (AvgIpc) is 3.37. The minimum atomic E-state index is -2.09. The summed E-state index contributed by atoms with van der Waals surface area (Å²) in [6.07, 6.45) is 1.83. The Hall–Kier alpha value is -3.73. The number of allylic oxidation sites excluding steroid dienone is 2. The van der Waals surface area contributed by atoms with Gasteiger partial charge in [0.05, 0.1) is 29.8 Å². The van der Waals surface area contributed by atoms with Gasteiger partial charge >= 0.3 is 0 Å². The third-order valence-electron chi connectivity index (χ3n) is 9.60. The molecule has 2 saturated heterocycles. The topological polar surface area (TPSA) is 104 Å².